The average molecular weight is 522 g/mol. The lowest BCUT2D eigenvalue weighted by molar-refractivity contribution is -0.870. The van der Waals surface area contributed by atoms with E-state index in [1.54, 1.807) is 0 Å². The lowest BCUT2D eigenvalue weighted by Gasteiger charge is -2.28. The normalized spacial score (nSPS) is 14.8. The fourth-order valence-electron chi connectivity index (χ4n) is 3.35. The average Bonchev–Trinajstić information content (AvgIpc) is 2.78. The Morgan fingerprint density at radius 2 is 1.46 bits per heavy atom. The number of carbonyl (C=O) groups is 1. The second kappa shape index (κ2) is 21.3. The van der Waals surface area contributed by atoms with Crippen LogP contribution in [0.2, 0.25) is 0 Å². The molecule has 0 rings (SSSR count). The number of hydrogen-bond donors (Lipinski definition) is 1. The van der Waals surface area contributed by atoms with Gasteiger partial charge in [-0.15, -0.1) is 0 Å². The van der Waals surface area contributed by atoms with Crippen molar-refractivity contribution < 1.29 is 37.6 Å². The smallest absolute Gasteiger partial charge is 0.306 e. The van der Waals surface area contributed by atoms with Crippen LogP contribution < -0.4 is 4.89 Å². The van der Waals surface area contributed by atoms with Gasteiger partial charge in [0, 0.05) is 6.42 Å². The molecule has 0 bridgehead atoms. The number of phosphoric ester groups is 1. The highest BCUT2D eigenvalue weighted by atomic mass is 31.2. The lowest BCUT2D eigenvalue weighted by Crippen LogP contribution is -2.37. The number of aliphatic hydroxyl groups is 1. The molecule has 1 N–H and O–H groups in total. The summed E-state index contributed by atoms with van der Waals surface area (Å²) in [6, 6.07) is 0. The Hall–Kier alpha value is -0.760. The number of nitrogens with zero attached hydrogens (tertiary/aromatic N) is 1. The van der Waals surface area contributed by atoms with E-state index in [1.807, 2.05) is 21.1 Å². The van der Waals surface area contributed by atoms with E-state index < -0.39 is 33.1 Å². The van der Waals surface area contributed by atoms with Gasteiger partial charge in [0.05, 0.1) is 34.4 Å². The van der Waals surface area contributed by atoms with E-state index in [0.717, 1.165) is 32.1 Å². The number of quaternary nitrogens is 1. The van der Waals surface area contributed by atoms with Crippen molar-refractivity contribution in [3.05, 3.63) is 12.2 Å². The first-order chi connectivity index (χ1) is 16.6. The molecule has 0 aromatic heterocycles. The number of likely N-dealkylation sites (N-methyl/N-ethyl adjacent to an activating group) is 1. The van der Waals surface area contributed by atoms with Crippen molar-refractivity contribution in [1.82, 2.24) is 0 Å². The summed E-state index contributed by atoms with van der Waals surface area (Å²) in [4.78, 5) is 23.8. The highest BCUT2D eigenvalue weighted by molar-refractivity contribution is 7.45. The molecular formula is C26H52NO7P. The standard InChI is InChI=1S/C26H52NO7P/c1-5-6-7-8-9-10-11-12-13-14-15-16-17-18-19-20-26(29)34-25(23-28)24-33-35(30,31)32-22-21-27(2,3)4/h12-13,25,28H,5-11,14-24H2,1-4H3/b13-12-/t25-/m1/s1. The molecule has 208 valence electrons. The minimum absolute atomic E-state index is 0.0106. The fourth-order valence-corrected chi connectivity index (χ4v) is 4.08. The van der Waals surface area contributed by atoms with Crippen LogP contribution in [0.1, 0.15) is 96.8 Å². The second-order valence-corrected chi connectivity index (χ2v) is 11.6. The summed E-state index contributed by atoms with van der Waals surface area (Å²) < 4.78 is 27.0. The van der Waals surface area contributed by atoms with Crippen molar-refractivity contribution >= 4 is 13.8 Å². The number of esters is 1. The summed E-state index contributed by atoms with van der Waals surface area (Å²) in [7, 11) is 1.23. The largest absolute Gasteiger partial charge is 0.756 e. The molecule has 35 heavy (non-hydrogen) atoms. The Labute approximate surface area is 214 Å². The number of allylic oxidation sites excluding steroid dienone is 2. The van der Waals surface area contributed by atoms with Crippen LogP contribution in [0.15, 0.2) is 12.2 Å². The van der Waals surface area contributed by atoms with E-state index in [2.05, 4.69) is 19.1 Å². The molecule has 0 aromatic carbocycles. The zero-order valence-corrected chi connectivity index (χ0v) is 23.6. The summed E-state index contributed by atoms with van der Waals surface area (Å²) in [6.07, 6.45) is 19.1. The van der Waals surface area contributed by atoms with E-state index in [-0.39, 0.29) is 13.0 Å². The summed E-state index contributed by atoms with van der Waals surface area (Å²) in [5, 5.41) is 9.36. The summed E-state index contributed by atoms with van der Waals surface area (Å²) in [5.74, 6) is -0.461. The monoisotopic (exact) mass is 521 g/mol. The first kappa shape index (κ1) is 34.2. The summed E-state index contributed by atoms with van der Waals surface area (Å²) in [6.45, 7) is 1.75. The van der Waals surface area contributed by atoms with Crippen LogP contribution >= 0.6 is 7.82 Å². The number of ether oxygens (including phenoxy) is 1. The van der Waals surface area contributed by atoms with Gasteiger partial charge in [-0.2, -0.15) is 0 Å². The van der Waals surface area contributed by atoms with E-state index in [1.165, 1.54) is 44.9 Å². The molecule has 0 heterocycles. The zero-order valence-electron chi connectivity index (χ0n) is 22.8. The van der Waals surface area contributed by atoms with Crippen LogP contribution in [0.25, 0.3) is 0 Å². The van der Waals surface area contributed by atoms with Crippen molar-refractivity contribution in [2.75, 3.05) is 47.5 Å². The number of carbonyl (C=O) groups excluding carboxylic acids is 1. The Morgan fingerprint density at radius 1 is 0.914 bits per heavy atom. The highest BCUT2D eigenvalue weighted by Crippen LogP contribution is 2.38. The molecule has 0 aromatic rings. The third kappa shape index (κ3) is 24.7. The molecule has 0 aliphatic heterocycles. The molecule has 0 aliphatic carbocycles. The molecule has 2 atom stereocenters. The third-order valence-corrected chi connectivity index (χ3v) is 6.54. The van der Waals surface area contributed by atoms with Crippen LogP contribution in [0.3, 0.4) is 0 Å². The minimum atomic E-state index is -4.51. The Balaban J connectivity index is 3.75. The summed E-state index contributed by atoms with van der Waals surface area (Å²) >= 11 is 0. The number of aliphatic hydroxyl groups excluding tert-OH is 1. The minimum Gasteiger partial charge on any atom is -0.756 e. The molecule has 0 saturated heterocycles. The maximum atomic E-state index is 12.0. The topological polar surface area (TPSA) is 105 Å². The molecule has 0 saturated carbocycles. The maximum Gasteiger partial charge on any atom is 0.306 e. The number of unbranched alkanes of at least 4 members (excludes halogenated alkanes) is 11. The van der Waals surface area contributed by atoms with Gasteiger partial charge in [-0.1, -0.05) is 70.4 Å². The van der Waals surface area contributed by atoms with Crippen LogP contribution in [-0.4, -0.2) is 69.2 Å². The highest BCUT2D eigenvalue weighted by Gasteiger charge is 2.19. The Kier molecular flexibility index (Phi) is 20.9. The molecule has 0 spiro atoms. The second-order valence-electron chi connectivity index (χ2n) is 10.2. The van der Waals surface area contributed by atoms with Crippen LogP contribution in [0.4, 0.5) is 0 Å². The van der Waals surface area contributed by atoms with Gasteiger partial charge in [0.1, 0.15) is 19.3 Å². The van der Waals surface area contributed by atoms with E-state index in [0.29, 0.717) is 17.4 Å². The van der Waals surface area contributed by atoms with E-state index >= 15 is 0 Å². The van der Waals surface area contributed by atoms with Gasteiger partial charge >= 0.3 is 5.97 Å². The molecule has 1 unspecified atom stereocenters. The van der Waals surface area contributed by atoms with Crippen molar-refractivity contribution in [2.45, 2.75) is 103 Å². The van der Waals surface area contributed by atoms with Gasteiger partial charge in [0.25, 0.3) is 7.82 Å². The number of phosphoric acid groups is 1. The Morgan fingerprint density at radius 3 is 2.00 bits per heavy atom. The van der Waals surface area contributed by atoms with Gasteiger partial charge in [0.2, 0.25) is 0 Å². The van der Waals surface area contributed by atoms with Gasteiger partial charge in [-0.3, -0.25) is 9.36 Å². The summed E-state index contributed by atoms with van der Waals surface area (Å²) in [5.41, 5.74) is 0. The van der Waals surface area contributed by atoms with Crippen LogP contribution in [0.5, 0.6) is 0 Å². The number of hydrogen-bond acceptors (Lipinski definition) is 7. The third-order valence-electron chi connectivity index (χ3n) is 5.57. The lowest BCUT2D eigenvalue weighted by atomic mass is 10.1. The van der Waals surface area contributed by atoms with Gasteiger partial charge in [0.15, 0.2) is 0 Å². The van der Waals surface area contributed by atoms with Gasteiger partial charge in [-0.25, -0.2) is 0 Å². The fraction of sp³-hybridized carbons (Fsp3) is 0.885. The van der Waals surface area contributed by atoms with Crippen molar-refractivity contribution in [1.29, 1.82) is 0 Å². The molecule has 0 aliphatic rings. The SMILES string of the molecule is CCCCCCCC/C=C\CCCCCCCC(=O)O[C@H](CO)COP(=O)([O-])OCC[N+](C)(C)C. The van der Waals surface area contributed by atoms with E-state index in [9.17, 15) is 19.4 Å². The molecule has 8 nitrogen and oxygen atoms in total. The zero-order chi connectivity index (χ0) is 26.4. The predicted molar refractivity (Wildman–Crippen MR) is 139 cm³/mol. The van der Waals surface area contributed by atoms with E-state index in [4.69, 9.17) is 13.8 Å². The predicted octanol–water partition coefficient (Wildman–Crippen LogP) is 5.14. The van der Waals surface area contributed by atoms with Crippen LogP contribution in [-0.2, 0) is 23.1 Å². The van der Waals surface area contributed by atoms with Crippen molar-refractivity contribution in [2.24, 2.45) is 0 Å². The first-order valence-corrected chi connectivity index (χ1v) is 14.9. The molecule has 0 radical (unpaired) electrons. The molecular weight excluding hydrogens is 469 g/mol. The quantitative estimate of drug-likeness (QED) is 0.0617. The molecule has 0 amide bonds. The number of rotatable bonds is 24. The molecule has 0 fully saturated rings. The van der Waals surface area contributed by atoms with Crippen molar-refractivity contribution in [3.63, 3.8) is 0 Å². The molecule has 9 heteroatoms. The first-order valence-electron chi connectivity index (χ1n) is 13.5. The van der Waals surface area contributed by atoms with Gasteiger partial charge < -0.3 is 28.3 Å². The van der Waals surface area contributed by atoms with Crippen LogP contribution in [0, 0.1) is 0 Å². The van der Waals surface area contributed by atoms with Crippen molar-refractivity contribution in [3.8, 4) is 0 Å². The van der Waals surface area contributed by atoms with Gasteiger partial charge in [-0.05, 0) is 32.1 Å². The Bertz CT molecular complexity index is 593. The maximum absolute atomic E-state index is 12.0.